The molecule has 4 aromatic rings. The summed E-state index contributed by atoms with van der Waals surface area (Å²) in [6, 6.07) is 13.2. The highest BCUT2D eigenvalue weighted by atomic mass is 16.5. The van der Waals surface area contributed by atoms with Crippen molar-refractivity contribution in [3.8, 4) is 0 Å². The summed E-state index contributed by atoms with van der Waals surface area (Å²) < 4.78 is 6.72. The number of carbonyl (C=O) groups excluding carboxylic acids is 1. The molecule has 0 aliphatic heterocycles. The second kappa shape index (κ2) is 11.6. The summed E-state index contributed by atoms with van der Waals surface area (Å²) in [6.07, 6.45) is 18.5. The predicted octanol–water partition coefficient (Wildman–Crippen LogP) is 7.19. The van der Waals surface area contributed by atoms with Gasteiger partial charge in [0.2, 0.25) is 0 Å². The molecule has 6 heteroatoms. The van der Waals surface area contributed by atoms with Crippen LogP contribution >= 0.6 is 0 Å². The molecule has 0 amide bonds. The Morgan fingerprint density at radius 1 is 1.11 bits per heavy atom. The largest absolute Gasteiger partial charge is 0.466 e. The summed E-state index contributed by atoms with van der Waals surface area (Å²) in [6.45, 7) is 2.95. The van der Waals surface area contributed by atoms with Gasteiger partial charge in [0.05, 0.1) is 30.7 Å². The molecule has 1 fully saturated rings. The minimum absolute atomic E-state index is 0.377. The van der Waals surface area contributed by atoms with E-state index in [0.717, 1.165) is 35.1 Å². The first-order valence-corrected chi connectivity index (χ1v) is 13.6. The lowest BCUT2D eigenvalue weighted by atomic mass is 9.85. The number of benzene rings is 2. The van der Waals surface area contributed by atoms with Gasteiger partial charge in [-0.1, -0.05) is 50.5 Å². The Morgan fingerprint density at radius 3 is 2.74 bits per heavy atom. The Balaban J connectivity index is 1.61. The Hall–Kier alpha value is -3.93. The average molecular weight is 509 g/mol. The molecule has 2 heterocycles. The second-order valence-corrected chi connectivity index (χ2v) is 10.1. The summed E-state index contributed by atoms with van der Waals surface area (Å²) in [5.74, 6) is 0.148. The van der Waals surface area contributed by atoms with Gasteiger partial charge in [0.25, 0.3) is 0 Å². The fourth-order valence-corrected chi connectivity index (χ4v) is 5.65. The standard InChI is InChI=1S/C32H36N4O2/c1-4-9-30(24-10-6-5-7-11-24)36(28-16-23(19-33-21-28)14-15-32(37)38-3)22-26-13-8-12-25-17-27-20-34-35(2)31(27)18-29(25)26/h8-9,12-21,24H,4-7,10-11,22H2,1-3H3/b15-14+,30-9-. The zero-order valence-electron chi connectivity index (χ0n) is 22.6. The maximum atomic E-state index is 11.7. The van der Waals surface area contributed by atoms with Crippen LogP contribution in [0.3, 0.4) is 0 Å². The highest BCUT2D eigenvalue weighted by molar-refractivity contribution is 5.98. The molecule has 2 aromatic heterocycles. The summed E-state index contributed by atoms with van der Waals surface area (Å²) in [5.41, 5.74) is 5.66. The lowest BCUT2D eigenvalue weighted by Crippen LogP contribution is -2.28. The fraction of sp³-hybridized carbons (Fsp3) is 0.344. The molecule has 0 bridgehead atoms. The second-order valence-electron chi connectivity index (χ2n) is 10.1. The number of rotatable bonds is 8. The highest BCUT2D eigenvalue weighted by Crippen LogP contribution is 2.36. The molecule has 0 atom stereocenters. The molecular weight excluding hydrogens is 472 g/mol. The number of nitrogens with zero attached hydrogens (tertiary/aromatic N) is 4. The van der Waals surface area contributed by atoms with E-state index in [4.69, 9.17) is 4.74 Å². The molecule has 0 N–H and O–H groups in total. The van der Waals surface area contributed by atoms with Crippen molar-refractivity contribution in [2.75, 3.05) is 12.0 Å². The van der Waals surface area contributed by atoms with Crippen LogP contribution in [0.25, 0.3) is 27.8 Å². The van der Waals surface area contributed by atoms with E-state index in [1.54, 1.807) is 12.3 Å². The smallest absolute Gasteiger partial charge is 0.330 e. The number of anilines is 1. The fourth-order valence-electron chi connectivity index (χ4n) is 5.65. The molecule has 1 saturated carbocycles. The summed E-state index contributed by atoms with van der Waals surface area (Å²) in [7, 11) is 3.38. The average Bonchev–Trinajstić information content (AvgIpc) is 3.32. The Kier molecular flexibility index (Phi) is 7.87. The summed E-state index contributed by atoms with van der Waals surface area (Å²) in [5, 5.41) is 8.07. The molecule has 6 nitrogen and oxygen atoms in total. The van der Waals surface area contributed by atoms with Gasteiger partial charge >= 0.3 is 5.97 Å². The topological polar surface area (TPSA) is 60.2 Å². The summed E-state index contributed by atoms with van der Waals surface area (Å²) >= 11 is 0. The number of aryl methyl sites for hydroxylation is 1. The van der Waals surface area contributed by atoms with Crippen molar-refractivity contribution >= 4 is 39.4 Å². The minimum atomic E-state index is -0.377. The first kappa shape index (κ1) is 25.7. The third-order valence-corrected chi connectivity index (χ3v) is 7.58. The molecular formula is C32H36N4O2. The summed E-state index contributed by atoms with van der Waals surface area (Å²) in [4.78, 5) is 18.7. The van der Waals surface area contributed by atoms with Crippen LogP contribution in [0.5, 0.6) is 0 Å². The van der Waals surface area contributed by atoms with Crippen LogP contribution in [0.1, 0.15) is 56.6 Å². The Morgan fingerprint density at radius 2 is 1.95 bits per heavy atom. The molecule has 2 aromatic carbocycles. The van der Waals surface area contributed by atoms with Crippen LogP contribution in [0, 0.1) is 5.92 Å². The highest BCUT2D eigenvalue weighted by Gasteiger charge is 2.24. The molecule has 38 heavy (non-hydrogen) atoms. The zero-order chi connectivity index (χ0) is 26.5. The van der Waals surface area contributed by atoms with Crippen molar-refractivity contribution in [1.29, 1.82) is 0 Å². The van der Waals surface area contributed by atoms with Gasteiger partial charge in [-0.2, -0.15) is 5.10 Å². The first-order chi connectivity index (χ1) is 18.6. The lowest BCUT2D eigenvalue weighted by Gasteiger charge is -2.35. The van der Waals surface area contributed by atoms with E-state index in [1.807, 2.05) is 24.1 Å². The van der Waals surface area contributed by atoms with E-state index in [9.17, 15) is 4.79 Å². The van der Waals surface area contributed by atoms with Crippen molar-refractivity contribution in [3.05, 3.63) is 84.0 Å². The number of esters is 1. The van der Waals surface area contributed by atoms with E-state index < -0.39 is 0 Å². The van der Waals surface area contributed by atoms with E-state index >= 15 is 0 Å². The molecule has 0 saturated heterocycles. The number of pyridine rings is 1. The zero-order valence-corrected chi connectivity index (χ0v) is 22.6. The maximum Gasteiger partial charge on any atom is 0.330 e. The van der Waals surface area contributed by atoms with Gasteiger partial charge in [0.15, 0.2) is 0 Å². The van der Waals surface area contributed by atoms with Gasteiger partial charge in [-0.05, 0) is 71.4 Å². The molecule has 1 aliphatic rings. The molecule has 196 valence electrons. The third-order valence-electron chi connectivity index (χ3n) is 7.58. The van der Waals surface area contributed by atoms with Crippen LogP contribution in [0.4, 0.5) is 5.69 Å². The van der Waals surface area contributed by atoms with Gasteiger partial charge in [-0.15, -0.1) is 0 Å². The van der Waals surface area contributed by atoms with Gasteiger partial charge < -0.3 is 9.64 Å². The lowest BCUT2D eigenvalue weighted by molar-refractivity contribution is -0.134. The Labute approximate surface area is 224 Å². The van der Waals surface area contributed by atoms with Crippen LogP contribution in [0.2, 0.25) is 0 Å². The van der Waals surface area contributed by atoms with Gasteiger partial charge in [0.1, 0.15) is 0 Å². The number of hydrogen-bond acceptors (Lipinski definition) is 5. The van der Waals surface area contributed by atoms with Crippen LogP contribution < -0.4 is 4.90 Å². The molecule has 5 rings (SSSR count). The van der Waals surface area contributed by atoms with E-state index in [-0.39, 0.29) is 5.97 Å². The monoisotopic (exact) mass is 508 g/mol. The number of fused-ring (bicyclic) bond motifs is 2. The number of methoxy groups -OCH3 is 1. The molecule has 1 aliphatic carbocycles. The van der Waals surface area contributed by atoms with Crippen molar-refractivity contribution in [2.45, 2.75) is 52.0 Å². The Bertz CT molecular complexity index is 1490. The van der Waals surface area contributed by atoms with Crippen molar-refractivity contribution in [2.24, 2.45) is 13.0 Å². The van der Waals surface area contributed by atoms with Crippen LogP contribution in [-0.4, -0.2) is 27.8 Å². The molecule has 0 radical (unpaired) electrons. The van der Waals surface area contributed by atoms with Crippen molar-refractivity contribution in [1.82, 2.24) is 14.8 Å². The van der Waals surface area contributed by atoms with Gasteiger partial charge in [0, 0.05) is 36.9 Å². The van der Waals surface area contributed by atoms with Crippen molar-refractivity contribution < 1.29 is 9.53 Å². The van der Waals surface area contributed by atoms with E-state index in [0.29, 0.717) is 5.92 Å². The number of aromatic nitrogens is 3. The maximum absolute atomic E-state index is 11.7. The van der Waals surface area contributed by atoms with E-state index in [2.05, 4.69) is 64.4 Å². The third kappa shape index (κ3) is 5.49. The number of hydrogen-bond donors (Lipinski definition) is 0. The number of allylic oxidation sites excluding steroid dienone is 2. The SMILES string of the molecule is CC/C=C(/C1CCCCC1)N(Cc1cccc2cc3cnn(C)c3cc12)c1cncc(/C=C/C(=O)OC)c1. The number of ether oxygens (including phenoxy) is 1. The number of carbonyl (C=O) groups is 1. The van der Waals surface area contributed by atoms with Crippen LogP contribution in [0.15, 0.2) is 72.8 Å². The van der Waals surface area contributed by atoms with E-state index in [1.165, 1.54) is 67.3 Å². The van der Waals surface area contributed by atoms with Crippen molar-refractivity contribution in [3.63, 3.8) is 0 Å². The molecule has 0 unspecified atom stereocenters. The van der Waals surface area contributed by atoms with Crippen LogP contribution in [-0.2, 0) is 23.1 Å². The quantitative estimate of drug-likeness (QED) is 0.186. The first-order valence-electron chi connectivity index (χ1n) is 13.6. The van der Waals surface area contributed by atoms with Gasteiger partial charge in [-0.25, -0.2) is 4.79 Å². The normalized spacial score (nSPS) is 15.0. The minimum Gasteiger partial charge on any atom is -0.466 e. The molecule has 0 spiro atoms. The predicted molar refractivity (Wildman–Crippen MR) is 155 cm³/mol. The van der Waals surface area contributed by atoms with Gasteiger partial charge in [-0.3, -0.25) is 9.67 Å².